The van der Waals surface area contributed by atoms with Crippen LogP contribution in [0.3, 0.4) is 0 Å². The number of aliphatic hydroxyl groups is 1. The fraction of sp³-hybridized carbons (Fsp3) is 0.467. The maximum atomic E-state index is 12.9. The molecule has 1 aromatic rings. The minimum absolute atomic E-state index is 0.178. The molecule has 4 atom stereocenters. The van der Waals surface area contributed by atoms with Crippen LogP contribution in [0, 0.1) is 23.6 Å². The minimum Gasteiger partial charge on any atom is -0.396 e. The summed E-state index contributed by atoms with van der Waals surface area (Å²) in [5.41, 5.74) is 1.12. The highest BCUT2D eigenvalue weighted by Gasteiger charge is 2.32. The molecule has 17 heavy (non-hydrogen) atoms. The smallest absolute Gasteiger partial charge is 0.123 e. The Kier molecular flexibility index (Phi) is 3.63. The van der Waals surface area contributed by atoms with Crippen LogP contribution in [0.15, 0.2) is 36.4 Å². The molecule has 92 valence electrons. The van der Waals surface area contributed by atoms with E-state index in [9.17, 15) is 9.50 Å². The summed E-state index contributed by atoms with van der Waals surface area (Å²) in [5, 5.41) is 9.56. The molecule has 1 aliphatic rings. The van der Waals surface area contributed by atoms with E-state index < -0.39 is 0 Å². The van der Waals surface area contributed by atoms with Gasteiger partial charge in [-0.1, -0.05) is 38.1 Å². The highest BCUT2D eigenvalue weighted by atomic mass is 19.1. The van der Waals surface area contributed by atoms with Crippen LogP contribution in [0.25, 0.3) is 0 Å². The normalized spacial score (nSPS) is 32.7. The van der Waals surface area contributed by atoms with E-state index in [1.54, 1.807) is 0 Å². The summed E-state index contributed by atoms with van der Waals surface area (Å²) in [6.45, 7) is 4.46. The van der Waals surface area contributed by atoms with E-state index in [1.807, 2.05) is 12.1 Å². The first-order valence-corrected chi connectivity index (χ1v) is 6.18. The zero-order chi connectivity index (χ0) is 12.4. The lowest BCUT2D eigenvalue weighted by atomic mass is 9.69. The van der Waals surface area contributed by atoms with Crippen molar-refractivity contribution in [2.24, 2.45) is 17.8 Å². The molecule has 1 nitrogen and oxygen atoms in total. The lowest BCUT2D eigenvalue weighted by molar-refractivity contribution is 0.153. The molecule has 0 amide bonds. The molecule has 0 unspecified atom stereocenters. The third-order valence-corrected chi connectivity index (χ3v) is 3.89. The Labute approximate surface area is 102 Å². The van der Waals surface area contributed by atoms with Crippen molar-refractivity contribution >= 4 is 0 Å². The first-order valence-electron chi connectivity index (χ1n) is 6.18. The number of hydrogen-bond donors (Lipinski definition) is 1. The summed E-state index contributed by atoms with van der Waals surface area (Å²) in [6, 6.07) is 6.68. The van der Waals surface area contributed by atoms with Crippen molar-refractivity contribution in [2.45, 2.75) is 19.8 Å². The predicted molar refractivity (Wildman–Crippen MR) is 67.2 cm³/mol. The van der Waals surface area contributed by atoms with Crippen LogP contribution in [0.4, 0.5) is 4.39 Å². The van der Waals surface area contributed by atoms with Crippen molar-refractivity contribution in [2.75, 3.05) is 6.61 Å². The Morgan fingerprint density at radius 1 is 1.06 bits per heavy atom. The fourth-order valence-corrected chi connectivity index (χ4v) is 2.85. The van der Waals surface area contributed by atoms with Crippen LogP contribution in [0.2, 0.25) is 0 Å². The van der Waals surface area contributed by atoms with E-state index in [0.717, 1.165) is 5.56 Å². The molecule has 0 heterocycles. The second-order valence-electron chi connectivity index (χ2n) is 5.03. The van der Waals surface area contributed by atoms with Crippen LogP contribution in [-0.4, -0.2) is 11.7 Å². The van der Waals surface area contributed by atoms with Crippen molar-refractivity contribution in [3.8, 4) is 0 Å². The average Bonchev–Trinajstić information content (AvgIpc) is 2.33. The topological polar surface area (TPSA) is 20.2 Å². The standard InChI is InChI=1S/C15H19FO/c1-10-3-4-11(2)15(14(10)9-17)12-5-7-13(16)8-6-12/h3-8,10-11,14-15,17H,9H2,1-2H3/t10-,11+,14+,15-/m1/s1. The van der Waals surface area contributed by atoms with Crippen LogP contribution in [0.1, 0.15) is 25.3 Å². The molecule has 2 heteroatoms. The third-order valence-electron chi connectivity index (χ3n) is 3.89. The van der Waals surface area contributed by atoms with Gasteiger partial charge in [-0.05, 0) is 41.4 Å². The molecule has 2 rings (SSSR count). The molecule has 0 spiro atoms. The number of allylic oxidation sites excluding steroid dienone is 2. The van der Waals surface area contributed by atoms with Crippen molar-refractivity contribution in [1.29, 1.82) is 0 Å². The van der Waals surface area contributed by atoms with Crippen LogP contribution in [0.5, 0.6) is 0 Å². The van der Waals surface area contributed by atoms with E-state index in [4.69, 9.17) is 0 Å². The van der Waals surface area contributed by atoms with Crippen molar-refractivity contribution in [3.63, 3.8) is 0 Å². The van der Waals surface area contributed by atoms with Gasteiger partial charge in [0.1, 0.15) is 5.82 Å². The molecular formula is C15H19FO. The van der Waals surface area contributed by atoms with Gasteiger partial charge in [0.2, 0.25) is 0 Å². The molecule has 0 saturated carbocycles. The second kappa shape index (κ2) is 5.01. The quantitative estimate of drug-likeness (QED) is 0.778. The molecule has 0 radical (unpaired) electrons. The predicted octanol–water partition coefficient (Wildman–Crippen LogP) is 3.36. The fourth-order valence-electron chi connectivity index (χ4n) is 2.85. The van der Waals surface area contributed by atoms with Crippen LogP contribution < -0.4 is 0 Å². The highest BCUT2D eigenvalue weighted by Crippen LogP contribution is 2.40. The summed E-state index contributed by atoms with van der Waals surface area (Å²) < 4.78 is 12.9. The van der Waals surface area contributed by atoms with Gasteiger partial charge < -0.3 is 5.11 Å². The van der Waals surface area contributed by atoms with Gasteiger partial charge in [0.15, 0.2) is 0 Å². The molecule has 1 N–H and O–H groups in total. The Hall–Kier alpha value is -1.15. The Morgan fingerprint density at radius 2 is 1.65 bits per heavy atom. The molecular weight excluding hydrogens is 215 g/mol. The van der Waals surface area contributed by atoms with Crippen molar-refractivity contribution in [3.05, 3.63) is 47.8 Å². The number of rotatable bonds is 2. The van der Waals surface area contributed by atoms with E-state index in [-0.39, 0.29) is 24.3 Å². The van der Waals surface area contributed by atoms with E-state index in [0.29, 0.717) is 11.8 Å². The molecule has 0 fully saturated rings. The first kappa shape index (κ1) is 12.3. The van der Waals surface area contributed by atoms with Gasteiger partial charge in [-0.25, -0.2) is 4.39 Å². The van der Waals surface area contributed by atoms with Crippen molar-refractivity contribution < 1.29 is 9.50 Å². The summed E-state index contributed by atoms with van der Waals surface area (Å²) in [6.07, 6.45) is 4.37. The maximum Gasteiger partial charge on any atom is 0.123 e. The van der Waals surface area contributed by atoms with Gasteiger partial charge in [0.25, 0.3) is 0 Å². The number of benzene rings is 1. The van der Waals surface area contributed by atoms with Gasteiger partial charge in [-0.2, -0.15) is 0 Å². The van der Waals surface area contributed by atoms with E-state index in [2.05, 4.69) is 26.0 Å². The van der Waals surface area contributed by atoms with Crippen LogP contribution in [-0.2, 0) is 0 Å². The lowest BCUT2D eigenvalue weighted by Gasteiger charge is -2.36. The summed E-state index contributed by atoms with van der Waals surface area (Å²) >= 11 is 0. The highest BCUT2D eigenvalue weighted by molar-refractivity contribution is 5.25. The largest absolute Gasteiger partial charge is 0.396 e. The number of hydrogen-bond acceptors (Lipinski definition) is 1. The SMILES string of the molecule is C[C@@H]1C=C[C@H](C)[C@H](c2ccc(F)cc2)[C@H]1CO. The number of halogens is 1. The monoisotopic (exact) mass is 234 g/mol. The summed E-state index contributed by atoms with van der Waals surface area (Å²) in [7, 11) is 0. The number of aliphatic hydroxyl groups excluding tert-OH is 1. The van der Waals surface area contributed by atoms with Crippen LogP contribution >= 0.6 is 0 Å². The van der Waals surface area contributed by atoms with Gasteiger partial charge in [-0.15, -0.1) is 0 Å². The maximum absolute atomic E-state index is 12.9. The summed E-state index contributed by atoms with van der Waals surface area (Å²) in [5.74, 6) is 1.04. The van der Waals surface area contributed by atoms with Gasteiger partial charge in [-0.3, -0.25) is 0 Å². The lowest BCUT2D eigenvalue weighted by Crippen LogP contribution is -2.30. The second-order valence-corrected chi connectivity index (χ2v) is 5.03. The Balaban J connectivity index is 2.34. The van der Waals surface area contributed by atoms with E-state index >= 15 is 0 Å². The third kappa shape index (κ3) is 2.42. The molecule has 0 bridgehead atoms. The van der Waals surface area contributed by atoms with Gasteiger partial charge in [0.05, 0.1) is 0 Å². The molecule has 0 aliphatic heterocycles. The van der Waals surface area contributed by atoms with Gasteiger partial charge in [0, 0.05) is 6.61 Å². The Morgan fingerprint density at radius 3 is 2.24 bits per heavy atom. The molecule has 0 saturated heterocycles. The average molecular weight is 234 g/mol. The zero-order valence-electron chi connectivity index (χ0n) is 10.3. The molecule has 1 aromatic carbocycles. The summed E-state index contributed by atoms with van der Waals surface area (Å²) in [4.78, 5) is 0. The van der Waals surface area contributed by atoms with E-state index in [1.165, 1.54) is 12.1 Å². The first-order chi connectivity index (χ1) is 8.13. The Bertz CT molecular complexity index is 396. The molecule has 0 aromatic heterocycles. The minimum atomic E-state index is -0.207. The van der Waals surface area contributed by atoms with Gasteiger partial charge >= 0.3 is 0 Å². The zero-order valence-corrected chi connectivity index (χ0v) is 10.3. The van der Waals surface area contributed by atoms with Crippen molar-refractivity contribution in [1.82, 2.24) is 0 Å². The molecule has 1 aliphatic carbocycles.